The van der Waals surface area contributed by atoms with Gasteiger partial charge in [-0.25, -0.2) is 9.78 Å². The van der Waals surface area contributed by atoms with Gasteiger partial charge in [0.05, 0.1) is 11.7 Å². The second-order valence-electron chi connectivity index (χ2n) is 3.98. The highest BCUT2D eigenvalue weighted by molar-refractivity contribution is 6.00. The first-order chi connectivity index (χ1) is 7.52. The van der Waals surface area contributed by atoms with Gasteiger partial charge in [-0.3, -0.25) is 4.98 Å². The second kappa shape index (κ2) is 3.59. The summed E-state index contributed by atoms with van der Waals surface area (Å²) in [5, 5.41) is 9.12. The molecule has 0 spiro atoms. The summed E-state index contributed by atoms with van der Waals surface area (Å²) in [5.41, 5.74) is 1.48. The zero-order chi connectivity index (χ0) is 11.9. The van der Waals surface area contributed by atoms with E-state index in [0.29, 0.717) is 11.0 Å². The Labute approximate surface area is 92.8 Å². The fourth-order valence-corrected chi connectivity index (χ4v) is 1.96. The van der Waals surface area contributed by atoms with Gasteiger partial charge in [-0.2, -0.15) is 0 Å². The summed E-state index contributed by atoms with van der Waals surface area (Å²) >= 11 is 0. The number of pyridine rings is 1. The van der Waals surface area contributed by atoms with E-state index in [1.807, 2.05) is 25.3 Å². The fraction of sp³-hybridized carbons (Fsp3) is 0.364. The first kappa shape index (κ1) is 10.6. The number of aromatic carboxylic acids is 1. The molecule has 0 aliphatic carbocycles. The van der Waals surface area contributed by atoms with Crippen molar-refractivity contribution in [3.05, 3.63) is 23.8 Å². The van der Waals surface area contributed by atoms with Gasteiger partial charge in [0.15, 0.2) is 0 Å². The van der Waals surface area contributed by atoms with Crippen LogP contribution in [0.5, 0.6) is 0 Å². The van der Waals surface area contributed by atoms with Crippen molar-refractivity contribution in [2.45, 2.75) is 26.8 Å². The number of carboxylic acids is 1. The Morgan fingerprint density at radius 2 is 2.12 bits per heavy atom. The van der Waals surface area contributed by atoms with Crippen molar-refractivity contribution >= 4 is 17.0 Å². The second-order valence-corrected chi connectivity index (χ2v) is 3.98. The summed E-state index contributed by atoms with van der Waals surface area (Å²) in [4.78, 5) is 19.3. The van der Waals surface area contributed by atoms with Gasteiger partial charge in [0.1, 0.15) is 16.9 Å². The van der Waals surface area contributed by atoms with Crippen LogP contribution in [0.2, 0.25) is 0 Å². The molecule has 0 fully saturated rings. The van der Waals surface area contributed by atoms with Gasteiger partial charge in [0, 0.05) is 12.2 Å². The standard InChI is InChI=1S/C11H13N3O2/c1-6(2)14-7(3)13-9-5-12-4-8(10(9)14)11(15)16/h4-6H,1-3H3,(H,15,16). The van der Waals surface area contributed by atoms with E-state index in [4.69, 9.17) is 5.11 Å². The Kier molecular flexibility index (Phi) is 2.38. The number of nitrogens with zero attached hydrogens (tertiary/aromatic N) is 3. The number of hydrogen-bond donors (Lipinski definition) is 1. The monoisotopic (exact) mass is 219 g/mol. The smallest absolute Gasteiger partial charge is 0.339 e. The van der Waals surface area contributed by atoms with Crippen molar-refractivity contribution in [1.29, 1.82) is 0 Å². The highest BCUT2D eigenvalue weighted by Crippen LogP contribution is 2.23. The maximum atomic E-state index is 11.1. The Balaban J connectivity index is 2.88. The average Bonchev–Trinajstić information content (AvgIpc) is 2.52. The maximum Gasteiger partial charge on any atom is 0.339 e. The molecule has 16 heavy (non-hydrogen) atoms. The van der Waals surface area contributed by atoms with E-state index in [2.05, 4.69) is 9.97 Å². The normalized spacial score (nSPS) is 11.2. The van der Waals surface area contributed by atoms with Crippen LogP contribution in [-0.4, -0.2) is 25.6 Å². The Morgan fingerprint density at radius 1 is 1.44 bits per heavy atom. The van der Waals surface area contributed by atoms with E-state index in [-0.39, 0.29) is 11.6 Å². The molecule has 5 nitrogen and oxygen atoms in total. The lowest BCUT2D eigenvalue weighted by Gasteiger charge is -2.11. The Morgan fingerprint density at radius 3 is 2.69 bits per heavy atom. The highest BCUT2D eigenvalue weighted by Gasteiger charge is 2.17. The molecule has 0 aliphatic rings. The van der Waals surface area contributed by atoms with Crippen molar-refractivity contribution in [3.63, 3.8) is 0 Å². The van der Waals surface area contributed by atoms with Crippen LogP contribution in [-0.2, 0) is 0 Å². The largest absolute Gasteiger partial charge is 0.478 e. The SMILES string of the molecule is Cc1nc2cncc(C(=O)O)c2n1C(C)C. The number of carboxylic acid groups (broad SMARTS) is 1. The van der Waals surface area contributed by atoms with Gasteiger partial charge >= 0.3 is 5.97 Å². The quantitative estimate of drug-likeness (QED) is 0.839. The van der Waals surface area contributed by atoms with Crippen molar-refractivity contribution in [3.8, 4) is 0 Å². The van der Waals surface area contributed by atoms with Crippen molar-refractivity contribution in [1.82, 2.24) is 14.5 Å². The number of aryl methyl sites for hydroxylation is 1. The van der Waals surface area contributed by atoms with Gasteiger partial charge in [-0.05, 0) is 20.8 Å². The van der Waals surface area contributed by atoms with Gasteiger partial charge in [0.2, 0.25) is 0 Å². The maximum absolute atomic E-state index is 11.1. The van der Waals surface area contributed by atoms with E-state index in [9.17, 15) is 4.79 Å². The van der Waals surface area contributed by atoms with Gasteiger partial charge in [0.25, 0.3) is 0 Å². The number of aromatic nitrogens is 3. The molecule has 5 heteroatoms. The molecule has 0 amide bonds. The van der Waals surface area contributed by atoms with Crippen LogP contribution in [0.1, 0.15) is 36.1 Å². The molecule has 2 aromatic heterocycles. The predicted octanol–water partition coefficient (Wildman–Crippen LogP) is 2.02. The molecular weight excluding hydrogens is 206 g/mol. The molecule has 0 radical (unpaired) electrons. The zero-order valence-electron chi connectivity index (χ0n) is 9.43. The van der Waals surface area contributed by atoms with Crippen LogP contribution in [0.3, 0.4) is 0 Å². The number of imidazole rings is 1. The first-order valence-electron chi connectivity index (χ1n) is 5.08. The molecule has 0 bridgehead atoms. The lowest BCUT2D eigenvalue weighted by atomic mass is 10.2. The van der Waals surface area contributed by atoms with Crippen molar-refractivity contribution < 1.29 is 9.90 Å². The summed E-state index contributed by atoms with van der Waals surface area (Å²) in [6.45, 7) is 5.87. The molecule has 2 aromatic rings. The van der Waals surface area contributed by atoms with Crippen LogP contribution in [0, 0.1) is 6.92 Å². The van der Waals surface area contributed by atoms with E-state index < -0.39 is 5.97 Å². The van der Waals surface area contributed by atoms with Gasteiger partial charge < -0.3 is 9.67 Å². The molecule has 0 saturated carbocycles. The van der Waals surface area contributed by atoms with Crippen LogP contribution >= 0.6 is 0 Å². The average molecular weight is 219 g/mol. The van der Waals surface area contributed by atoms with E-state index in [1.165, 1.54) is 6.20 Å². The lowest BCUT2D eigenvalue weighted by molar-refractivity contribution is 0.0698. The fourth-order valence-electron chi connectivity index (χ4n) is 1.96. The topological polar surface area (TPSA) is 68.0 Å². The summed E-state index contributed by atoms with van der Waals surface area (Å²) in [7, 11) is 0. The van der Waals surface area contributed by atoms with Gasteiger partial charge in [-0.15, -0.1) is 0 Å². The molecule has 0 aromatic carbocycles. The van der Waals surface area contributed by atoms with Crippen LogP contribution in [0.15, 0.2) is 12.4 Å². The molecule has 0 saturated heterocycles. The molecule has 0 atom stereocenters. The van der Waals surface area contributed by atoms with Crippen LogP contribution < -0.4 is 0 Å². The number of hydrogen-bond acceptors (Lipinski definition) is 3. The number of carbonyl (C=O) groups is 1. The number of rotatable bonds is 2. The minimum atomic E-state index is -0.972. The Bertz CT molecular complexity index is 558. The molecule has 84 valence electrons. The summed E-state index contributed by atoms with van der Waals surface area (Å²) in [5.74, 6) is -0.166. The minimum absolute atomic E-state index is 0.172. The molecular formula is C11H13N3O2. The number of fused-ring (bicyclic) bond motifs is 1. The third kappa shape index (κ3) is 1.44. The van der Waals surface area contributed by atoms with E-state index in [1.54, 1.807) is 6.20 Å². The lowest BCUT2D eigenvalue weighted by Crippen LogP contribution is -2.07. The summed E-state index contributed by atoms with van der Waals surface area (Å²) in [6, 6.07) is 0.172. The molecule has 2 rings (SSSR count). The minimum Gasteiger partial charge on any atom is -0.478 e. The molecule has 2 heterocycles. The van der Waals surface area contributed by atoms with Crippen molar-refractivity contribution in [2.24, 2.45) is 0 Å². The first-order valence-corrected chi connectivity index (χ1v) is 5.08. The van der Waals surface area contributed by atoms with Crippen LogP contribution in [0.25, 0.3) is 11.0 Å². The van der Waals surface area contributed by atoms with E-state index in [0.717, 1.165) is 5.82 Å². The molecule has 0 aliphatic heterocycles. The van der Waals surface area contributed by atoms with Gasteiger partial charge in [-0.1, -0.05) is 0 Å². The molecule has 0 unspecified atom stereocenters. The van der Waals surface area contributed by atoms with Crippen LogP contribution in [0.4, 0.5) is 0 Å². The summed E-state index contributed by atoms with van der Waals surface area (Å²) in [6.07, 6.45) is 2.96. The Hall–Kier alpha value is -1.91. The van der Waals surface area contributed by atoms with Crippen molar-refractivity contribution in [2.75, 3.05) is 0 Å². The zero-order valence-corrected chi connectivity index (χ0v) is 9.43. The highest BCUT2D eigenvalue weighted by atomic mass is 16.4. The molecule has 1 N–H and O–H groups in total. The third-order valence-corrected chi connectivity index (χ3v) is 2.52. The predicted molar refractivity (Wildman–Crippen MR) is 59.6 cm³/mol. The summed E-state index contributed by atoms with van der Waals surface area (Å²) < 4.78 is 1.92. The van der Waals surface area contributed by atoms with E-state index >= 15 is 0 Å². The third-order valence-electron chi connectivity index (χ3n) is 2.52.